The van der Waals surface area contributed by atoms with Gasteiger partial charge in [0.2, 0.25) is 0 Å². The Bertz CT molecular complexity index is 148. The predicted molar refractivity (Wildman–Crippen MR) is 48.5 cm³/mol. The van der Waals surface area contributed by atoms with Crippen molar-refractivity contribution in [3.05, 3.63) is 0 Å². The molecule has 0 aliphatic heterocycles. The first kappa shape index (κ1) is 12.8. The van der Waals surface area contributed by atoms with Gasteiger partial charge in [-0.25, -0.2) is 0 Å². The van der Waals surface area contributed by atoms with Gasteiger partial charge in [-0.2, -0.15) is 13.2 Å². The highest BCUT2D eigenvalue weighted by atomic mass is 19.4. The topological polar surface area (TPSA) is 0 Å². The Morgan fingerprint density at radius 3 is 1.31 bits per heavy atom. The van der Waals surface area contributed by atoms with Crippen molar-refractivity contribution in [2.75, 3.05) is 0 Å². The average Bonchev–Trinajstić information content (AvgIpc) is 1.82. The van der Waals surface area contributed by atoms with Gasteiger partial charge in [-0.1, -0.05) is 34.6 Å². The minimum absolute atomic E-state index is 0.0501. The van der Waals surface area contributed by atoms with Gasteiger partial charge in [0.25, 0.3) is 0 Å². The zero-order valence-electron chi connectivity index (χ0n) is 9.00. The Kier molecular flexibility index (Phi) is 3.82. The van der Waals surface area contributed by atoms with Gasteiger partial charge < -0.3 is 0 Å². The van der Waals surface area contributed by atoms with E-state index < -0.39 is 18.0 Å². The van der Waals surface area contributed by atoms with E-state index in [1.165, 1.54) is 0 Å². The fraction of sp³-hybridized carbons (Fsp3) is 1.00. The molecule has 0 saturated carbocycles. The van der Waals surface area contributed by atoms with Gasteiger partial charge in [0.1, 0.15) is 0 Å². The summed E-state index contributed by atoms with van der Waals surface area (Å²) in [6.45, 7) is 9.13. The highest BCUT2D eigenvalue weighted by Gasteiger charge is 2.42. The van der Waals surface area contributed by atoms with E-state index in [1.54, 1.807) is 6.92 Å². The van der Waals surface area contributed by atoms with Crippen molar-refractivity contribution in [3.8, 4) is 0 Å². The molecule has 0 aliphatic carbocycles. The van der Waals surface area contributed by atoms with Crippen molar-refractivity contribution in [3.63, 3.8) is 0 Å². The summed E-state index contributed by atoms with van der Waals surface area (Å²) in [7, 11) is 0. The largest absolute Gasteiger partial charge is 0.389 e. The van der Waals surface area contributed by atoms with Gasteiger partial charge in [-0.3, -0.25) is 0 Å². The zero-order valence-corrected chi connectivity index (χ0v) is 9.00. The molecule has 0 aromatic rings. The monoisotopic (exact) mass is 196 g/mol. The van der Waals surface area contributed by atoms with E-state index in [-0.39, 0.29) is 11.8 Å². The number of rotatable bonds is 3. The Balaban J connectivity index is 4.62. The van der Waals surface area contributed by atoms with Crippen LogP contribution in [0.3, 0.4) is 0 Å². The highest BCUT2D eigenvalue weighted by molar-refractivity contribution is 4.83. The predicted octanol–water partition coefficient (Wildman–Crippen LogP) is 4.26. The van der Waals surface area contributed by atoms with Gasteiger partial charge in [0.15, 0.2) is 0 Å². The van der Waals surface area contributed by atoms with Crippen LogP contribution in [0.25, 0.3) is 0 Å². The van der Waals surface area contributed by atoms with Crippen LogP contribution >= 0.6 is 0 Å². The number of hydrogen-bond donors (Lipinski definition) is 0. The third-order valence-corrected chi connectivity index (χ3v) is 3.22. The Morgan fingerprint density at radius 2 is 1.23 bits per heavy atom. The summed E-state index contributed by atoms with van der Waals surface area (Å²) in [4.78, 5) is 0. The van der Waals surface area contributed by atoms with E-state index in [2.05, 4.69) is 0 Å². The lowest BCUT2D eigenvalue weighted by atomic mass is 9.68. The molecule has 0 N–H and O–H groups in total. The molecule has 0 unspecified atom stereocenters. The van der Waals surface area contributed by atoms with Crippen LogP contribution in [0.2, 0.25) is 0 Å². The molecular formula is C10H19F3. The second-order valence-corrected chi connectivity index (χ2v) is 4.61. The van der Waals surface area contributed by atoms with Crippen molar-refractivity contribution >= 4 is 0 Å². The molecule has 0 heterocycles. The molecule has 0 aliphatic rings. The third kappa shape index (κ3) is 3.57. The fourth-order valence-electron chi connectivity index (χ4n) is 1.51. The maximum atomic E-state index is 12.3. The number of hydrogen-bond acceptors (Lipinski definition) is 0. The number of alkyl halides is 3. The number of halogens is 3. The highest BCUT2D eigenvalue weighted by Crippen LogP contribution is 2.44. The smallest absolute Gasteiger partial charge is 0.171 e. The van der Waals surface area contributed by atoms with Gasteiger partial charge in [-0.05, 0) is 17.3 Å². The minimum atomic E-state index is -4.05. The van der Waals surface area contributed by atoms with Gasteiger partial charge in [-0.15, -0.1) is 0 Å². The molecule has 0 atom stereocenters. The first-order chi connectivity index (χ1) is 5.59. The van der Waals surface area contributed by atoms with Crippen LogP contribution in [-0.4, -0.2) is 6.18 Å². The van der Waals surface area contributed by atoms with E-state index >= 15 is 0 Å². The van der Waals surface area contributed by atoms with Crippen LogP contribution < -0.4 is 0 Å². The van der Waals surface area contributed by atoms with Crippen molar-refractivity contribution in [1.29, 1.82) is 0 Å². The summed E-state index contributed by atoms with van der Waals surface area (Å²) in [5.41, 5.74) is -0.641. The molecule has 0 rings (SSSR count). The van der Waals surface area contributed by atoms with Gasteiger partial charge >= 0.3 is 6.18 Å². The van der Waals surface area contributed by atoms with E-state index in [4.69, 9.17) is 0 Å². The Labute approximate surface area is 78.5 Å². The maximum absolute atomic E-state index is 12.3. The molecule has 80 valence electrons. The molecule has 0 saturated heterocycles. The van der Waals surface area contributed by atoms with Gasteiger partial charge in [0.05, 0.1) is 0 Å². The summed E-state index contributed by atoms with van der Waals surface area (Å²) in [5.74, 6) is 0.100. The molecule has 0 radical (unpaired) electrons. The molecule has 0 fully saturated rings. The molecule has 3 heteroatoms. The van der Waals surface area contributed by atoms with Crippen molar-refractivity contribution in [2.24, 2.45) is 17.3 Å². The summed E-state index contributed by atoms with van der Waals surface area (Å²) < 4.78 is 36.8. The Hall–Kier alpha value is -0.210. The minimum Gasteiger partial charge on any atom is -0.171 e. The van der Waals surface area contributed by atoms with Crippen LogP contribution in [0.1, 0.15) is 41.0 Å². The molecule has 13 heavy (non-hydrogen) atoms. The molecule has 0 spiro atoms. The fourth-order valence-corrected chi connectivity index (χ4v) is 1.51. The van der Waals surface area contributed by atoms with E-state index in [9.17, 15) is 13.2 Å². The lowest BCUT2D eigenvalue weighted by Crippen LogP contribution is -2.34. The molecular weight excluding hydrogens is 177 g/mol. The molecule has 0 bridgehead atoms. The Morgan fingerprint density at radius 1 is 0.923 bits per heavy atom. The second kappa shape index (κ2) is 3.89. The van der Waals surface area contributed by atoms with Crippen LogP contribution in [0.15, 0.2) is 0 Å². The summed E-state index contributed by atoms with van der Waals surface area (Å²) >= 11 is 0. The first-order valence-electron chi connectivity index (χ1n) is 4.66. The summed E-state index contributed by atoms with van der Waals surface area (Å²) in [5, 5.41) is 0. The van der Waals surface area contributed by atoms with Crippen LogP contribution in [0.5, 0.6) is 0 Å². The first-order valence-corrected chi connectivity index (χ1v) is 4.66. The molecule has 0 aromatic carbocycles. The van der Waals surface area contributed by atoms with Crippen molar-refractivity contribution in [2.45, 2.75) is 47.2 Å². The summed E-state index contributed by atoms with van der Waals surface area (Å²) in [6.07, 6.45) is -4.74. The average molecular weight is 196 g/mol. The van der Waals surface area contributed by atoms with E-state index in [1.807, 2.05) is 27.7 Å². The van der Waals surface area contributed by atoms with Crippen LogP contribution in [0, 0.1) is 17.3 Å². The normalized spacial score (nSPS) is 14.3. The van der Waals surface area contributed by atoms with E-state index in [0.29, 0.717) is 0 Å². The molecule has 0 nitrogen and oxygen atoms in total. The van der Waals surface area contributed by atoms with Crippen LogP contribution in [-0.2, 0) is 0 Å². The lowest BCUT2D eigenvalue weighted by Gasteiger charge is -2.38. The second-order valence-electron chi connectivity index (χ2n) is 4.61. The molecule has 0 aromatic heterocycles. The zero-order chi connectivity index (χ0) is 10.9. The SMILES string of the molecule is CC(C)C(C)(CC(F)(F)F)C(C)C. The standard InChI is InChI=1S/C10H19F3/c1-7(2)9(5,8(3)4)6-10(11,12)13/h7-8H,6H2,1-5H3. The summed E-state index contributed by atoms with van der Waals surface area (Å²) in [6, 6.07) is 0. The van der Waals surface area contributed by atoms with Gasteiger partial charge in [0, 0.05) is 6.42 Å². The molecule has 0 amide bonds. The lowest BCUT2D eigenvalue weighted by molar-refractivity contribution is -0.168. The van der Waals surface area contributed by atoms with Crippen molar-refractivity contribution < 1.29 is 13.2 Å². The quantitative estimate of drug-likeness (QED) is 0.632. The maximum Gasteiger partial charge on any atom is 0.389 e. The van der Waals surface area contributed by atoms with Crippen LogP contribution in [0.4, 0.5) is 13.2 Å². The van der Waals surface area contributed by atoms with Crippen molar-refractivity contribution in [1.82, 2.24) is 0 Å². The van der Waals surface area contributed by atoms with E-state index in [0.717, 1.165) is 0 Å². The third-order valence-electron chi connectivity index (χ3n) is 3.22.